The Bertz CT molecular complexity index is 1340. The van der Waals surface area contributed by atoms with Crippen LogP contribution in [0.25, 0.3) is 10.9 Å². The highest BCUT2D eigenvalue weighted by Crippen LogP contribution is 2.28. The fourth-order valence-corrected chi connectivity index (χ4v) is 4.01. The summed E-state index contributed by atoms with van der Waals surface area (Å²) in [5.41, 5.74) is 19.1. The molecular weight excluding hydrogens is 539 g/mol. The zero-order valence-electron chi connectivity index (χ0n) is 22.5. The number of aromatic nitrogens is 1. The van der Waals surface area contributed by atoms with Gasteiger partial charge in [-0.2, -0.15) is 13.2 Å². The van der Waals surface area contributed by atoms with Crippen LogP contribution < -0.4 is 27.8 Å². The molecule has 2 heterocycles. The summed E-state index contributed by atoms with van der Waals surface area (Å²) in [5.74, 6) is -1.03. The van der Waals surface area contributed by atoms with Crippen molar-refractivity contribution in [1.29, 1.82) is 0 Å². The van der Waals surface area contributed by atoms with Gasteiger partial charge in [0, 0.05) is 37.0 Å². The fraction of sp³-hybridized carbons (Fsp3) is 0.357. The van der Waals surface area contributed by atoms with Crippen LogP contribution in [0.3, 0.4) is 0 Å². The maximum atomic E-state index is 12.2. The van der Waals surface area contributed by atoms with Gasteiger partial charge in [-0.05, 0) is 37.6 Å². The number of carbonyl (C=O) groups excluding carboxylic acids is 3. The summed E-state index contributed by atoms with van der Waals surface area (Å²) in [6.07, 6.45) is -2.38. The van der Waals surface area contributed by atoms with Gasteiger partial charge in [0.05, 0.1) is 35.6 Å². The molecule has 220 valence electrons. The maximum Gasteiger partial charge on any atom is 0.416 e. The molecule has 1 aromatic heterocycles. The Morgan fingerprint density at radius 3 is 2.32 bits per heavy atom. The van der Waals surface area contributed by atoms with E-state index in [1.807, 2.05) is 24.3 Å². The highest BCUT2D eigenvalue weighted by atomic mass is 19.4. The number of carbonyl (C=O) groups is 3. The second kappa shape index (κ2) is 14.0. The van der Waals surface area contributed by atoms with E-state index in [1.54, 1.807) is 24.1 Å². The summed E-state index contributed by atoms with van der Waals surface area (Å²) in [6.45, 7) is 2.33. The number of hydrogen-bond donors (Lipinski definition) is 5. The first-order valence-corrected chi connectivity index (χ1v) is 12.9. The van der Waals surface area contributed by atoms with E-state index in [-0.39, 0.29) is 37.4 Å². The topological polar surface area (TPSA) is 169 Å². The Morgan fingerprint density at radius 2 is 1.68 bits per heavy atom. The summed E-state index contributed by atoms with van der Waals surface area (Å²) < 4.78 is 35.8. The molecule has 2 aromatic carbocycles. The standard InChI is InChI=1S/C20H27N7O3.C8H7F3/c21-14(5-6-19(29)27-10-15(22)16(23)11-27)20(30)25-9-18(28)26-13-7-12-3-1-2-4-17(12)24-8-13;1-6-2-4-7(5-3-6)8(9,10)11/h1-4,7-8,14-16H,5-6,9-11,21-23H2,(H,25,30)(H,26,28);2-5H,1H3. The number of hydrogen-bond acceptors (Lipinski definition) is 7. The molecular formula is C28H34F3N7O3. The molecule has 3 unspecified atom stereocenters. The number of pyridine rings is 1. The van der Waals surface area contributed by atoms with Gasteiger partial charge in [-0.3, -0.25) is 19.4 Å². The summed E-state index contributed by atoms with van der Waals surface area (Å²) in [7, 11) is 0. The molecule has 1 saturated heterocycles. The molecule has 1 aliphatic rings. The van der Waals surface area contributed by atoms with Crippen molar-refractivity contribution in [3.05, 3.63) is 71.9 Å². The van der Waals surface area contributed by atoms with E-state index in [0.29, 0.717) is 18.8 Å². The van der Waals surface area contributed by atoms with Crippen LogP contribution in [0.5, 0.6) is 0 Å². The number of likely N-dealkylation sites (tertiary alicyclic amines) is 1. The lowest BCUT2D eigenvalue weighted by Gasteiger charge is -2.17. The number of rotatable bonds is 7. The number of amides is 3. The van der Waals surface area contributed by atoms with Crippen molar-refractivity contribution in [2.45, 2.75) is 44.1 Å². The molecule has 0 bridgehead atoms. The average molecular weight is 574 g/mol. The van der Waals surface area contributed by atoms with Gasteiger partial charge in [0.15, 0.2) is 0 Å². The van der Waals surface area contributed by atoms with Crippen LogP contribution in [0.2, 0.25) is 0 Å². The minimum absolute atomic E-state index is 0.114. The first-order chi connectivity index (χ1) is 19.3. The zero-order valence-corrected chi connectivity index (χ0v) is 22.5. The monoisotopic (exact) mass is 573 g/mol. The van der Waals surface area contributed by atoms with Crippen molar-refractivity contribution in [1.82, 2.24) is 15.2 Å². The van der Waals surface area contributed by atoms with E-state index in [4.69, 9.17) is 17.2 Å². The highest BCUT2D eigenvalue weighted by Gasteiger charge is 2.31. The number of anilines is 1. The lowest BCUT2D eigenvalue weighted by Crippen LogP contribution is -2.44. The lowest BCUT2D eigenvalue weighted by molar-refractivity contribution is -0.137. The van der Waals surface area contributed by atoms with Gasteiger partial charge in [0.2, 0.25) is 17.7 Å². The smallest absolute Gasteiger partial charge is 0.346 e. The molecule has 0 saturated carbocycles. The predicted molar refractivity (Wildman–Crippen MR) is 149 cm³/mol. The molecule has 0 aliphatic carbocycles. The van der Waals surface area contributed by atoms with E-state index in [9.17, 15) is 27.6 Å². The lowest BCUT2D eigenvalue weighted by atomic mass is 10.1. The number of nitrogens with two attached hydrogens (primary N) is 3. The van der Waals surface area contributed by atoms with Crippen molar-refractivity contribution in [2.75, 3.05) is 25.0 Å². The van der Waals surface area contributed by atoms with Gasteiger partial charge in [0.25, 0.3) is 0 Å². The van der Waals surface area contributed by atoms with Gasteiger partial charge in [-0.15, -0.1) is 0 Å². The summed E-state index contributed by atoms with van der Waals surface area (Å²) >= 11 is 0. The second-order valence-corrected chi connectivity index (χ2v) is 9.82. The number of fused-ring (bicyclic) bond motifs is 1. The summed E-state index contributed by atoms with van der Waals surface area (Å²) in [4.78, 5) is 42.3. The Hall–Kier alpha value is -4.07. The molecule has 10 nitrogen and oxygen atoms in total. The molecule has 3 atom stereocenters. The predicted octanol–water partition coefficient (Wildman–Crippen LogP) is 1.91. The van der Waals surface area contributed by atoms with E-state index >= 15 is 0 Å². The van der Waals surface area contributed by atoms with Crippen LogP contribution in [0.15, 0.2) is 60.8 Å². The van der Waals surface area contributed by atoms with Gasteiger partial charge in [-0.25, -0.2) is 0 Å². The van der Waals surface area contributed by atoms with Gasteiger partial charge in [0.1, 0.15) is 0 Å². The molecule has 13 heteroatoms. The number of nitrogens with zero attached hydrogens (tertiary/aromatic N) is 2. The molecule has 8 N–H and O–H groups in total. The molecule has 4 rings (SSSR count). The van der Waals surface area contributed by atoms with Crippen molar-refractivity contribution >= 4 is 34.3 Å². The minimum Gasteiger partial charge on any atom is -0.346 e. The Labute approximate surface area is 235 Å². The quantitative estimate of drug-likeness (QED) is 0.288. The Morgan fingerprint density at radius 1 is 1.05 bits per heavy atom. The van der Waals surface area contributed by atoms with Crippen molar-refractivity contribution in [3.8, 4) is 0 Å². The Kier molecular flexibility index (Phi) is 10.8. The van der Waals surface area contributed by atoms with E-state index in [2.05, 4.69) is 15.6 Å². The number of para-hydroxylation sites is 1. The van der Waals surface area contributed by atoms with Gasteiger partial charge in [-0.1, -0.05) is 35.9 Å². The zero-order chi connectivity index (χ0) is 30.2. The first kappa shape index (κ1) is 31.5. The number of benzene rings is 2. The normalized spacial score (nSPS) is 17.4. The molecule has 0 radical (unpaired) electrons. The number of alkyl halides is 3. The third kappa shape index (κ3) is 9.52. The van der Waals surface area contributed by atoms with Gasteiger partial charge < -0.3 is 32.7 Å². The average Bonchev–Trinajstić information content (AvgIpc) is 3.28. The van der Waals surface area contributed by atoms with Crippen LogP contribution in [0.4, 0.5) is 18.9 Å². The summed E-state index contributed by atoms with van der Waals surface area (Å²) in [6, 6.07) is 13.0. The molecule has 0 spiro atoms. The first-order valence-electron chi connectivity index (χ1n) is 12.9. The fourth-order valence-electron chi connectivity index (χ4n) is 4.01. The number of nitrogens with one attached hydrogen (secondary N) is 2. The molecule has 41 heavy (non-hydrogen) atoms. The van der Waals surface area contributed by atoms with Crippen LogP contribution in [-0.4, -0.2) is 65.4 Å². The van der Waals surface area contributed by atoms with Crippen molar-refractivity contribution < 1.29 is 27.6 Å². The SMILES string of the molecule is Cc1ccc(C(F)(F)F)cc1.NC(CCC(=O)N1CC(N)C(N)C1)C(=O)NCC(=O)Nc1cnc2ccccc2c1. The van der Waals surface area contributed by atoms with Crippen LogP contribution in [0, 0.1) is 6.92 Å². The summed E-state index contributed by atoms with van der Waals surface area (Å²) in [5, 5.41) is 6.06. The van der Waals surface area contributed by atoms with Gasteiger partial charge >= 0.3 is 6.18 Å². The second-order valence-electron chi connectivity index (χ2n) is 9.82. The van der Waals surface area contributed by atoms with Crippen LogP contribution in [0.1, 0.15) is 24.0 Å². The highest BCUT2D eigenvalue weighted by molar-refractivity contribution is 5.96. The maximum absolute atomic E-state index is 12.2. The van der Waals surface area contributed by atoms with Crippen molar-refractivity contribution in [3.63, 3.8) is 0 Å². The number of aryl methyl sites for hydroxylation is 1. The largest absolute Gasteiger partial charge is 0.416 e. The van der Waals surface area contributed by atoms with Crippen LogP contribution in [-0.2, 0) is 20.6 Å². The third-order valence-corrected chi connectivity index (χ3v) is 6.45. The molecule has 3 amide bonds. The molecule has 1 fully saturated rings. The minimum atomic E-state index is -4.21. The van der Waals surface area contributed by atoms with E-state index in [0.717, 1.165) is 28.6 Å². The van der Waals surface area contributed by atoms with E-state index < -0.39 is 29.6 Å². The molecule has 1 aliphatic heterocycles. The Balaban J connectivity index is 0.000000352. The van der Waals surface area contributed by atoms with Crippen molar-refractivity contribution in [2.24, 2.45) is 17.2 Å². The molecule has 3 aromatic rings. The third-order valence-electron chi connectivity index (χ3n) is 6.45. The van der Waals surface area contributed by atoms with Crippen LogP contribution >= 0.6 is 0 Å². The number of halogens is 3. The van der Waals surface area contributed by atoms with E-state index in [1.165, 1.54) is 12.1 Å².